The Morgan fingerprint density at radius 3 is 2.38 bits per heavy atom. The minimum atomic E-state index is 0.242. The third kappa shape index (κ3) is 5.09. The standard InChI is InChI=1S/C27H28ClNO3/c1-29-15-17-31-24-10-6-21(7-11-24)27(20-4-8-23(30)9-5-20)25(12-14-28)22-3-2-19-13-16-32-26(19)18-22/h2-11,18,29-30H,12-17H2,1H3/b27-25-. The van der Waals surface area contributed by atoms with Gasteiger partial charge in [0.25, 0.3) is 0 Å². The lowest BCUT2D eigenvalue weighted by atomic mass is 9.87. The summed E-state index contributed by atoms with van der Waals surface area (Å²) in [4.78, 5) is 0. The van der Waals surface area contributed by atoms with E-state index in [0.717, 1.165) is 58.9 Å². The average molecular weight is 450 g/mol. The van der Waals surface area contributed by atoms with Crippen LogP contribution < -0.4 is 14.8 Å². The molecule has 0 saturated heterocycles. The van der Waals surface area contributed by atoms with Crippen molar-refractivity contribution in [3.05, 3.63) is 89.0 Å². The van der Waals surface area contributed by atoms with Crippen molar-refractivity contribution in [2.45, 2.75) is 12.8 Å². The first-order valence-corrected chi connectivity index (χ1v) is 11.5. The third-order valence-corrected chi connectivity index (χ3v) is 5.80. The number of phenols is 1. The summed E-state index contributed by atoms with van der Waals surface area (Å²) in [5.74, 6) is 2.53. The number of rotatable bonds is 9. The first-order valence-electron chi connectivity index (χ1n) is 10.9. The highest BCUT2D eigenvalue weighted by molar-refractivity contribution is 6.18. The van der Waals surface area contributed by atoms with E-state index in [0.29, 0.717) is 18.9 Å². The fourth-order valence-electron chi connectivity index (χ4n) is 3.99. The Kier molecular flexibility index (Phi) is 7.35. The van der Waals surface area contributed by atoms with Gasteiger partial charge >= 0.3 is 0 Å². The second-order valence-corrected chi connectivity index (χ2v) is 8.11. The van der Waals surface area contributed by atoms with E-state index in [2.05, 4.69) is 35.6 Å². The second kappa shape index (κ2) is 10.6. The predicted molar refractivity (Wildman–Crippen MR) is 131 cm³/mol. The molecule has 0 unspecified atom stereocenters. The van der Waals surface area contributed by atoms with Gasteiger partial charge in [-0.25, -0.2) is 0 Å². The molecule has 1 aliphatic rings. The molecule has 0 amide bonds. The van der Waals surface area contributed by atoms with Crippen molar-refractivity contribution in [2.24, 2.45) is 0 Å². The largest absolute Gasteiger partial charge is 0.508 e. The Labute approximate surface area is 194 Å². The van der Waals surface area contributed by atoms with Gasteiger partial charge in [0, 0.05) is 18.8 Å². The summed E-state index contributed by atoms with van der Waals surface area (Å²) in [5.41, 5.74) is 6.67. The zero-order valence-electron chi connectivity index (χ0n) is 18.2. The molecule has 0 saturated carbocycles. The molecule has 166 valence electrons. The van der Waals surface area contributed by atoms with Crippen molar-refractivity contribution in [3.63, 3.8) is 0 Å². The molecule has 0 spiro atoms. The van der Waals surface area contributed by atoms with Gasteiger partial charge in [0.2, 0.25) is 0 Å². The Morgan fingerprint density at radius 1 is 1.00 bits per heavy atom. The summed E-state index contributed by atoms with van der Waals surface area (Å²) in [6.45, 7) is 2.14. The van der Waals surface area contributed by atoms with Gasteiger partial charge < -0.3 is 19.9 Å². The summed E-state index contributed by atoms with van der Waals surface area (Å²) in [6, 6.07) is 21.9. The maximum Gasteiger partial charge on any atom is 0.123 e. The van der Waals surface area contributed by atoms with Crippen LogP contribution in [-0.4, -0.2) is 37.8 Å². The first kappa shape index (κ1) is 22.3. The summed E-state index contributed by atoms with van der Waals surface area (Å²) >= 11 is 6.27. The van der Waals surface area contributed by atoms with Crippen LogP contribution >= 0.6 is 11.6 Å². The summed E-state index contributed by atoms with van der Waals surface area (Å²) in [7, 11) is 1.91. The van der Waals surface area contributed by atoms with Crippen LogP contribution in [0.15, 0.2) is 66.7 Å². The van der Waals surface area contributed by atoms with Gasteiger partial charge in [0.15, 0.2) is 0 Å². The van der Waals surface area contributed by atoms with E-state index in [-0.39, 0.29) is 5.75 Å². The molecular weight excluding hydrogens is 422 g/mol. The van der Waals surface area contributed by atoms with E-state index in [1.165, 1.54) is 5.56 Å². The SMILES string of the molecule is CNCCOc1ccc(/C(=C(/CCCl)c2ccc3c(c2)OCC3)c2ccc(O)cc2)cc1. The summed E-state index contributed by atoms with van der Waals surface area (Å²) < 4.78 is 11.6. The number of halogens is 1. The molecule has 0 aromatic heterocycles. The number of aromatic hydroxyl groups is 1. The van der Waals surface area contributed by atoms with Gasteiger partial charge in [-0.2, -0.15) is 0 Å². The van der Waals surface area contributed by atoms with Crippen LogP contribution in [0, 0.1) is 0 Å². The Morgan fingerprint density at radius 2 is 1.69 bits per heavy atom. The summed E-state index contributed by atoms with van der Waals surface area (Å²) in [6.07, 6.45) is 1.65. The molecular formula is C27H28ClNO3. The Bertz CT molecular complexity index is 1080. The quantitative estimate of drug-likeness (QED) is 0.257. The van der Waals surface area contributed by atoms with E-state index >= 15 is 0 Å². The van der Waals surface area contributed by atoms with Gasteiger partial charge in [-0.3, -0.25) is 0 Å². The Balaban J connectivity index is 1.81. The molecule has 4 rings (SSSR count). The van der Waals surface area contributed by atoms with Crippen molar-refractivity contribution in [1.82, 2.24) is 5.32 Å². The van der Waals surface area contributed by atoms with E-state index < -0.39 is 0 Å². The van der Waals surface area contributed by atoms with Gasteiger partial charge in [0.1, 0.15) is 23.9 Å². The molecule has 0 fully saturated rings. The smallest absolute Gasteiger partial charge is 0.123 e. The minimum Gasteiger partial charge on any atom is -0.508 e. The number of fused-ring (bicyclic) bond motifs is 1. The number of hydrogen-bond donors (Lipinski definition) is 2. The number of ether oxygens (including phenoxy) is 2. The zero-order valence-corrected chi connectivity index (χ0v) is 19.0. The van der Waals surface area contributed by atoms with Gasteiger partial charge in [0.05, 0.1) is 6.61 Å². The highest BCUT2D eigenvalue weighted by atomic mass is 35.5. The minimum absolute atomic E-state index is 0.242. The number of phenolic OH excluding ortho intramolecular Hbond substituents is 1. The molecule has 5 heteroatoms. The van der Waals surface area contributed by atoms with E-state index in [1.807, 2.05) is 31.3 Å². The van der Waals surface area contributed by atoms with E-state index in [1.54, 1.807) is 12.1 Å². The Hall–Kier alpha value is -2.95. The topological polar surface area (TPSA) is 50.7 Å². The normalized spacial score (nSPS) is 13.3. The number of likely N-dealkylation sites (N-methyl/N-ethyl adjacent to an activating group) is 1. The molecule has 1 aliphatic heterocycles. The lowest BCUT2D eigenvalue weighted by molar-refractivity contribution is 0.318. The molecule has 1 heterocycles. The maximum absolute atomic E-state index is 9.84. The van der Waals surface area contributed by atoms with Crippen molar-refractivity contribution in [2.75, 3.05) is 32.7 Å². The van der Waals surface area contributed by atoms with Crippen LogP contribution in [0.25, 0.3) is 11.1 Å². The van der Waals surface area contributed by atoms with Crippen LogP contribution in [0.5, 0.6) is 17.2 Å². The van der Waals surface area contributed by atoms with Crippen molar-refractivity contribution in [3.8, 4) is 17.2 Å². The molecule has 2 N–H and O–H groups in total. The van der Waals surface area contributed by atoms with Crippen LogP contribution in [-0.2, 0) is 6.42 Å². The second-order valence-electron chi connectivity index (χ2n) is 7.74. The van der Waals surface area contributed by atoms with Crippen LogP contribution in [0.3, 0.4) is 0 Å². The highest BCUT2D eigenvalue weighted by Crippen LogP contribution is 2.38. The third-order valence-electron chi connectivity index (χ3n) is 5.61. The summed E-state index contributed by atoms with van der Waals surface area (Å²) in [5, 5.41) is 12.9. The van der Waals surface area contributed by atoms with Crippen LogP contribution in [0.4, 0.5) is 0 Å². The van der Waals surface area contributed by atoms with Crippen molar-refractivity contribution in [1.29, 1.82) is 0 Å². The molecule has 32 heavy (non-hydrogen) atoms. The fraction of sp³-hybridized carbons (Fsp3) is 0.259. The molecule has 3 aromatic rings. The van der Waals surface area contributed by atoms with Gasteiger partial charge in [-0.1, -0.05) is 36.4 Å². The van der Waals surface area contributed by atoms with Crippen molar-refractivity contribution >= 4 is 22.7 Å². The molecule has 0 atom stereocenters. The van der Waals surface area contributed by atoms with Gasteiger partial charge in [-0.15, -0.1) is 11.6 Å². The molecule has 3 aromatic carbocycles. The number of alkyl halides is 1. The number of nitrogens with one attached hydrogen (secondary N) is 1. The first-order chi connectivity index (χ1) is 15.7. The van der Waals surface area contributed by atoms with E-state index in [9.17, 15) is 5.11 Å². The molecule has 0 aliphatic carbocycles. The average Bonchev–Trinajstić information content (AvgIpc) is 3.29. The predicted octanol–water partition coefficient (Wildman–Crippen LogP) is 5.51. The monoisotopic (exact) mass is 449 g/mol. The lowest BCUT2D eigenvalue weighted by Gasteiger charge is -2.18. The van der Waals surface area contributed by atoms with Crippen LogP contribution in [0.2, 0.25) is 0 Å². The lowest BCUT2D eigenvalue weighted by Crippen LogP contribution is -2.15. The molecule has 0 radical (unpaired) electrons. The fourth-order valence-corrected chi connectivity index (χ4v) is 4.18. The van der Waals surface area contributed by atoms with E-state index in [4.69, 9.17) is 21.1 Å². The zero-order chi connectivity index (χ0) is 22.3. The maximum atomic E-state index is 9.84. The van der Waals surface area contributed by atoms with Crippen LogP contribution in [0.1, 0.15) is 28.7 Å². The highest BCUT2D eigenvalue weighted by Gasteiger charge is 2.18. The number of allylic oxidation sites excluding steroid dienone is 1. The van der Waals surface area contributed by atoms with Gasteiger partial charge in [-0.05, 0) is 77.2 Å². The van der Waals surface area contributed by atoms with Crippen molar-refractivity contribution < 1.29 is 14.6 Å². The number of benzene rings is 3. The molecule has 4 nitrogen and oxygen atoms in total. The number of hydrogen-bond acceptors (Lipinski definition) is 4. The molecule has 0 bridgehead atoms.